The molecule has 0 N–H and O–H groups in total. The average Bonchev–Trinajstić information content (AvgIpc) is 1.83. The van der Waals surface area contributed by atoms with Gasteiger partial charge in [-0.2, -0.15) is 0 Å². The third-order valence-electron chi connectivity index (χ3n) is 0.738. The second-order valence-electron chi connectivity index (χ2n) is 1.32. The first-order valence-corrected chi connectivity index (χ1v) is 2.37. The molecule has 0 unspecified atom stereocenters. The predicted octanol–water partition coefficient (Wildman–Crippen LogP) is -0.207. The summed E-state index contributed by atoms with van der Waals surface area (Å²) in [7, 11) is 3.24. The Labute approximate surface area is 49.2 Å². The highest BCUT2D eigenvalue weighted by atomic mass is 16.5. The summed E-state index contributed by atoms with van der Waals surface area (Å²) >= 11 is 0. The first kappa shape index (κ1) is 7.49. The van der Waals surface area contributed by atoms with E-state index in [2.05, 4.69) is 9.47 Å². The Balaban J connectivity index is 2.99. The van der Waals surface area contributed by atoms with E-state index >= 15 is 0 Å². The highest BCUT2D eigenvalue weighted by Crippen LogP contribution is 1.73. The number of carbonyl (C=O) groups is 1. The van der Waals surface area contributed by atoms with Crippen molar-refractivity contribution in [2.45, 2.75) is 0 Å². The van der Waals surface area contributed by atoms with Crippen LogP contribution in [0.25, 0.3) is 0 Å². The normalized spacial score (nSPS) is 8.25. The van der Waals surface area contributed by atoms with Crippen LogP contribution in [0, 0.1) is 0 Å². The highest BCUT2D eigenvalue weighted by molar-refractivity contribution is 6.71. The number of methoxy groups -OCH3 is 2. The van der Waals surface area contributed by atoms with Crippen LogP contribution in [-0.4, -0.2) is 33.9 Å². The first-order valence-electron chi connectivity index (χ1n) is 2.37. The summed E-state index contributed by atoms with van der Waals surface area (Å²) < 4.78 is 8.95. The van der Waals surface area contributed by atoms with Crippen LogP contribution in [0.15, 0.2) is 0 Å². The van der Waals surface area contributed by atoms with Crippen molar-refractivity contribution in [3.05, 3.63) is 0 Å². The van der Waals surface area contributed by atoms with Gasteiger partial charge >= 0.3 is 0 Å². The number of hydrogen-bond donors (Lipinski definition) is 0. The van der Waals surface area contributed by atoms with Gasteiger partial charge < -0.3 is 9.47 Å². The lowest BCUT2D eigenvalue weighted by atomic mass is 9.81. The maximum atomic E-state index is 10.3. The average molecular weight is 116 g/mol. The Kier molecular flexibility index (Phi) is 4.36. The molecule has 8 heavy (non-hydrogen) atoms. The molecule has 4 heteroatoms. The van der Waals surface area contributed by atoms with Crippen LogP contribution in [0.3, 0.4) is 0 Å². The Morgan fingerprint density at radius 3 is 2.62 bits per heavy atom. The van der Waals surface area contributed by atoms with E-state index in [1.165, 1.54) is 7.11 Å². The van der Waals surface area contributed by atoms with E-state index in [1.54, 1.807) is 7.11 Å². The van der Waals surface area contributed by atoms with Crippen LogP contribution in [-0.2, 0) is 9.47 Å². The van der Waals surface area contributed by atoms with Crippen LogP contribution in [0.4, 0.5) is 4.79 Å². The van der Waals surface area contributed by atoms with Crippen molar-refractivity contribution in [1.82, 2.24) is 0 Å². The molecule has 0 amide bonds. The lowest BCUT2D eigenvalue weighted by Crippen LogP contribution is -2.14. The van der Waals surface area contributed by atoms with Gasteiger partial charge in [-0.1, -0.05) is 0 Å². The Hall–Kier alpha value is -0.505. The lowest BCUT2D eigenvalue weighted by Gasteiger charge is -1.93. The van der Waals surface area contributed by atoms with E-state index in [1.807, 2.05) is 0 Å². The van der Waals surface area contributed by atoms with Crippen LogP contribution >= 0.6 is 0 Å². The van der Waals surface area contributed by atoms with E-state index in [9.17, 15) is 4.79 Å². The molecule has 0 bridgehead atoms. The monoisotopic (exact) mass is 116 g/mol. The van der Waals surface area contributed by atoms with Gasteiger partial charge in [-0.25, -0.2) is 0 Å². The van der Waals surface area contributed by atoms with Crippen molar-refractivity contribution >= 4 is 13.1 Å². The Morgan fingerprint density at radius 2 is 2.25 bits per heavy atom. The SMILES string of the molecule is COCBC(=O)OC. The van der Waals surface area contributed by atoms with E-state index in [4.69, 9.17) is 0 Å². The van der Waals surface area contributed by atoms with Gasteiger partial charge in [-0.05, 0) is 0 Å². The molecule has 0 aliphatic rings. The van der Waals surface area contributed by atoms with Crippen LogP contribution in [0.2, 0.25) is 0 Å². The minimum Gasteiger partial charge on any atom is -0.477 e. The molecule has 0 heterocycles. The summed E-state index contributed by atoms with van der Waals surface area (Å²) in [6, 6.07) is 0. The zero-order valence-electron chi connectivity index (χ0n) is 5.14. The summed E-state index contributed by atoms with van der Waals surface area (Å²) in [6.45, 7) is 0.437. The first-order chi connectivity index (χ1) is 3.81. The number of ether oxygens (including phenoxy) is 2. The van der Waals surface area contributed by atoms with Crippen LogP contribution in [0.5, 0.6) is 0 Å². The van der Waals surface area contributed by atoms with E-state index < -0.39 is 0 Å². The smallest absolute Gasteiger partial charge is 0.289 e. The summed E-state index contributed by atoms with van der Waals surface area (Å²) in [5, 5.41) is 0. The maximum absolute atomic E-state index is 10.3. The highest BCUT2D eigenvalue weighted by Gasteiger charge is 1.99. The number of hydrogen-bond acceptors (Lipinski definition) is 3. The topological polar surface area (TPSA) is 35.5 Å². The summed E-state index contributed by atoms with van der Waals surface area (Å²) in [5.74, 6) is -0.230. The van der Waals surface area contributed by atoms with E-state index in [0.29, 0.717) is 13.8 Å². The minimum atomic E-state index is -0.230. The molecule has 46 valence electrons. The van der Waals surface area contributed by atoms with Crippen molar-refractivity contribution in [2.75, 3.05) is 20.7 Å². The van der Waals surface area contributed by atoms with E-state index in [0.717, 1.165) is 0 Å². The Bertz CT molecular complexity index is 73.7. The van der Waals surface area contributed by atoms with Crippen molar-refractivity contribution < 1.29 is 14.3 Å². The minimum absolute atomic E-state index is 0.230. The fraction of sp³-hybridized carbons (Fsp3) is 0.750. The molecular weight excluding hydrogens is 107 g/mol. The van der Waals surface area contributed by atoms with Crippen molar-refractivity contribution in [2.24, 2.45) is 0 Å². The Morgan fingerprint density at radius 1 is 1.62 bits per heavy atom. The third-order valence-corrected chi connectivity index (χ3v) is 0.738. The predicted molar refractivity (Wildman–Crippen MR) is 31.4 cm³/mol. The van der Waals surface area contributed by atoms with Gasteiger partial charge in [0.05, 0.1) is 7.11 Å². The summed E-state index contributed by atoms with van der Waals surface area (Å²) in [5.41, 5.74) is 0. The third kappa shape index (κ3) is 3.68. The maximum Gasteiger partial charge on any atom is 0.289 e. The van der Waals surface area contributed by atoms with Gasteiger partial charge in [-0.3, -0.25) is 4.79 Å². The molecule has 0 rings (SSSR count). The fourth-order valence-corrected chi connectivity index (χ4v) is 0.287. The molecule has 3 nitrogen and oxygen atoms in total. The number of carbonyl (C=O) groups excluding carboxylic acids is 1. The molecule has 0 saturated carbocycles. The molecule has 0 aromatic rings. The molecule has 0 aromatic carbocycles. The number of rotatable bonds is 3. The molecule has 0 aliphatic heterocycles. The van der Waals surface area contributed by atoms with Gasteiger partial charge in [0.2, 0.25) is 5.87 Å². The van der Waals surface area contributed by atoms with Crippen LogP contribution < -0.4 is 0 Å². The molecule has 0 aromatic heterocycles. The van der Waals surface area contributed by atoms with Crippen molar-refractivity contribution in [3.8, 4) is 0 Å². The van der Waals surface area contributed by atoms with Crippen LogP contribution in [0.1, 0.15) is 0 Å². The van der Waals surface area contributed by atoms with Gasteiger partial charge in [0.25, 0.3) is 7.28 Å². The molecule has 0 spiro atoms. The molecule has 0 saturated heterocycles. The fourth-order valence-electron chi connectivity index (χ4n) is 0.287. The zero-order valence-corrected chi connectivity index (χ0v) is 5.14. The largest absolute Gasteiger partial charge is 0.477 e. The second kappa shape index (κ2) is 4.65. The second-order valence-corrected chi connectivity index (χ2v) is 1.32. The quantitative estimate of drug-likeness (QED) is 0.478. The standard InChI is InChI=1S/C4H9BO3/c1-7-3-5-4(6)8-2/h5H,3H2,1-2H3. The van der Waals surface area contributed by atoms with Gasteiger partial charge in [0, 0.05) is 13.6 Å². The zero-order chi connectivity index (χ0) is 6.41. The molecule has 0 aliphatic carbocycles. The molecular formula is C4H9BO3. The summed E-state index contributed by atoms with van der Waals surface area (Å²) in [6.07, 6.45) is 0. The van der Waals surface area contributed by atoms with Crippen molar-refractivity contribution in [1.29, 1.82) is 0 Å². The van der Waals surface area contributed by atoms with Crippen molar-refractivity contribution in [3.63, 3.8) is 0 Å². The molecule has 0 radical (unpaired) electrons. The van der Waals surface area contributed by atoms with Gasteiger partial charge in [0.15, 0.2) is 0 Å². The molecule has 0 atom stereocenters. The summed E-state index contributed by atoms with van der Waals surface area (Å²) in [4.78, 5) is 10.3. The van der Waals surface area contributed by atoms with Gasteiger partial charge in [-0.15, -0.1) is 0 Å². The lowest BCUT2D eigenvalue weighted by molar-refractivity contribution is 0.194. The van der Waals surface area contributed by atoms with E-state index in [-0.39, 0.29) is 5.87 Å². The molecule has 0 fully saturated rings. The van der Waals surface area contributed by atoms with Gasteiger partial charge in [0.1, 0.15) is 0 Å².